The zero-order chi connectivity index (χ0) is 18.1. The third-order valence-corrected chi connectivity index (χ3v) is 6.21. The van der Waals surface area contributed by atoms with Crippen LogP contribution in [0.1, 0.15) is 63.8 Å². The van der Waals surface area contributed by atoms with Gasteiger partial charge in [-0.15, -0.1) is 0 Å². The number of likely N-dealkylation sites (tertiary alicyclic amines) is 1. The van der Waals surface area contributed by atoms with Crippen LogP contribution in [0.4, 0.5) is 0 Å². The number of hydrogen-bond acceptors (Lipinski definition) is 2. The molecular formula is C23H28N2O. The molecule has 0 radical (unpaired) electrons. The predicted octanol–water partition coefficient (Wildman–Crippen LogP) is 4.36. The molecule has 1 atom stereocenters. The lowest BCUT2D eigenvalue weighted by atomic mass is 9.88. The monoisotopic (exact) mass is 348 g/mol. The summed E-state index contributed by atoms with van der Waals surface area (Å²) in [6, 6.07) is 15.1. The number of hydrogen-bond donors (Lipinski definition) is 1. The van der Waals surface area contributed by atoms with E-state index in [1.807, 2.05) is 18.2 Å². The summed E-state index contributed by atoms with van der Waals surface area (Å²) in [7, 11) is 0. The maximum atomic E-state index is 12.1. The lowest BCUT2D eigenvalue weighted by molar-refractivity contribution is 0.0951. The normalized spacial score (nSPS) is 20.8. The van der Waals surface area contributed by atoms with Gasteiger partial charge in [-0.05, 0) is 80.4 Å². The van der Waals surface area contributed by atoms with Crippen molar-refractivity contribution in [2.45, 2.75) is 45.1 Å². The summed E-state index contributed by atoms with van der Waals surface area (Å²) in [5.74, 6) is 0.775. The van der Waals surface area contributed by atoms with Gasteiger partial charge in [-0.25, -0.2) is 0 Å². The van der Waals surface area contributed by atoms with Crippen molar-refractivity contribution in [2.75, 3.05) is 19.6 Å². The molecule has 1 N–H and O–H groups in total. The van der Waals surface area contributed by atoms with Crippen LogP contribution in [0.15, 0.2) is 42.5 Å². The van der Waals surface area contributed by atoms with E-state index >= 15 is 0 Å². The van der Waals surface area contributed by atoms with Gasteiger partial charge in [0, 0.05) is 12.1 Å². The van der Waals surface area contributed by atoms with Gasteiger partial charge in [-0.3, -0.25) is 4.79 Å². The van der Waals surface area contributed by atoms with Gasteiger partial charge in [0.15, 0.2) is 0 Å². The van der Waals surface area contributed by atoms with E-state index in [1.54, 1.807) is 0 Å². The predicted molar refractivity (Wildman–Crippen MR) is 106 cm³/mol. The molecule has 136 valence electrons. The highest BCUT2D eigenvalue weighted by Crippen LogP contribution is 2.31. The quantitative estimate of drug-likeness (QED) is 0.890. The fourth-order valence-electron chi connectivity index (χ4n) is 4.37. The zero-order valence-electron chi connectivity index (χ0n) is 15.8. The lowest BCUT2D eigenvalue weighted by Crippen LogP contribution is -2.35. The van der Waals surface area contributed by atoms with E-state index in [0.717, 1.165) is 31.6 Å². The SMILES string of the molecule is Cc1ccc(C2CCN(CCC3NC(=O)c4ccccc43)CC2)cc1C. The Labute approximate surface area is 156 Å². The van der Waals surface area contributed by atoms with Crippen molar-refractivity contribution in [3.05, 3.63) is 70.3 Å². The zero-order valence-corrected chi connectivity index (χ0v) is 15.8. The van der Waals surface area contributed by atoms with Crippen molar-refractivity contribution in [1.82, 2.24) is 10.2 Å². The molecule has 2 aromatic rings. The number of benzene rings is 2. The first-order valence-electron chi connectivity index (χ1n) is 9.81. The van der Waals surface area contributed by atoms with Gasteiger partial charge in [0.05, 0.1) is 6.04 Å². The van der Waals surface area contributed by atoms with Crippen molar-refractivity contribution >= 4 is 5.91 Å². The Morgan fingerprint density at radius 1 is 1.04 bits per heavy atom. The van der Waals surface area contributed by atoms with Gasteiger partial charge in [0.25, 0.3) is 5.91 Å². The smallest absolute Gasteiger partial charge is 0.252 e. The van der Waals surface area contributed by atoms with E-state index < -0.39 is 0 Å². The minimum absolute atomic E-state index is 0.0825. The first-order valence-corrected chi connectivity index (χ1v) is 9.81. The standard InChI is InChI=1S/C23H28N2O/c1-16-7-8-19(15-17(16)2)18-9-12-25(13-10-18)14-11-22-20-5-3-4-6-21(20)23(26)24-22/h3-8,15,18,22H,9-14H2,1-2H3,(H,24,26). The van der Waals surface area contributed by atoms with Gasteiger partial charge >= 0.3 is 0 Å². The number of carbonyl (C=O) groups is 1. The highest BCUT2D eigenvalue weighted by Gasteiger charge is 2.28. The second-order valence-electron chi connectivity index (χ2n) is 7.86. The second-order valence-corrected chi connectivity index (χ2v) is 7.86. The van der Waals surface area contributed by atoms with Gasteiger partial charge in [0.2, 0.25) is 0 Å². The third kappa shape index (κ3) is 3.41. The molecule has 3 nitrogen and oxygen atoms in total. The molecule has 1 saturated heterocycles. The number of nitrogens with one attached hydrogen (secondary N) is 1. The third-order valence-electron chi connectivity index (χ3n) is 6.21. The summed E-state index contributed by atoms with van der Waals surface area (Å²) in [6.07, 6.45) is 3.46. The Balaban J connectivity index is 1.31. The lowest BCUT2D eigenvalue weighted by Gasteiger charge is -2.33. The Kier molecular flexibility index (Phi) is 4.82. The molecule has 26 heavy (non-hydrogen) atoms. The molecule has 1 unspecified atom stereocenters. The molecule has 1 amide bonds. The fraction of sp³-hybridized carbons (Fsp3) is 0.435. The summed E-state index contributed by atoms with van der Waals surface area (Å²) < 4.78 is 0. The molecule has 1 fully saturated rings. The maximum Gasteiger partial charge on any atom is 0.252 e. The van der Waals surface area contributed by atoms with Crippen LogP contribution in [0.25, 0.3) is 0 Å². The maximum absolute atomic E-state index is 12.1. The number of amides is 1. The summed E-state index contributed by atoms with van der Waals surface area (Å²) >= 11 is 0. The molecule has 0 bridgehead atoms. The van der Waals surface area contributed by atoms with Gasteiger partial charge in [-0.1, -0.05) is 36.4 Å². The average Bonchev–Trinajstić information content (AvgIpc) is 2.99. The van der Waals surface area contributed by atoms with Crippen LogP contribution in [0, 0.1) is 13.8 Å². The molecule has 2 aliphatic heterocycles. The number of piperidine rings is 1. The van der Waals surface area contributed by atoms with E-state index in [2.05, 4.69) is 48.3 Å². The Hall–Kier alpha value is -2.13. The van der Waals surface area contributed by atoms with Crippen molar-refractivity contribution < 1.29 is 4.79 Å². The van der Waals surface area contributed by atoms with Crippen molar-refractivity contribution in [1.29, 1.82) is 0 Å². The van der Waals surface area contributed by atoms with Crippen LogP contribution in [0.2, 0.25) is 0 Å². The van der Waals surface area contributed by atoms with Crippen molar-refractivity contribution in [3.63, 3.8) is 0 Å². The Morgan fingerprint density at radius 2 is 1.81 bits per heavy atom. The Bertz CT molecular complexity index is 806. The van der Waals surface area contributed by atoms with Crippen LogP contribution in [-0.4, -0.2) is 30.4 Å². The second kappa shape index (κ2) is 7.24. The molecule has 0 saturated carbocycles. The van der Waals surface area contributed by atoms with E-state index in [9.17, 15) is 4.79 Å². The molecule has 3 heteroatoms. The van der Waals surface area contributed by atoms with Gasteiger partial charge < -0.3 is 10.2 Å². The van der Waals surface area contributed by atoms with Crippen LogP contribution in [0.3, 0.4) is 0 Å². The molecule has 2 heterocycles. The van der Waals surface area contributed by atoms with E-state index in [-0.39, 0.29) is 11.9 Å². The topological polar surface area (TPSA) is 32.3 Å². The van der Waals surface area contributed by atoms with Crippen LogP contribution < -0.4 is 5.32 Å². The molecule has 2 aromatic carbocycles. The molecule has 0 spiro atoms. The van der Waals surface area contributed by atoms with E-state index in [1.165, 1.54) is 35.1 Å². The van der Waals surface area contributed by atoms with Crippen molar-refractivity contribution in [2.24, 2.45) is 0 Å². The van der Waals surface area contributed by atoms with Crippen LogP contribution >= 0.6 is 0 Å². The van der Waals surface area contributed by atoms with Crippen molar-refractivity contribution in [3.8, 4) is 0 Å². The van der Waals surface area contributed by atoms with Gasteiger partial charge in [0.1, 0.15) is 0 Å². The Morgan fingerprint density at radius 3 is 2.58 bits per heavy atom. The number of rotatable bonds is 4. The molecule has 4 rings (SSSR count). The average molecular weight is 348 g/mol. The summed E-state index contributed by atoms with van der Waals surface area (Å²) in [6.45, 7) is 7.75. The molecular weight excluding hydrogens is 320 g/mol. The number of aryl methyl sites for hydroxylation is 2. The number of carbonyl (C=O) groups excluding carboxylic acids is 1. The highest BCUT2D eigenvalue weighted by atomic mass is 16.2. The largest absolute Gasteiger partial charge is 0.345 e. The summed E-state index contributed by atoms with van der Waals surface area (Å²) in [5.41, 5.74) is 6.31. The fourth-order valence-corrected chi connectivity index (χ4v) is 4.37. The minimum atomic E-state index is 0.0825. The van der Waals surface area contributed by atoms with E-state index in [4.69, 9.17) is 0 Å². The first-order chi connectivity index (χ1) is 12.6. The van der Waals surface area contributed by atoms with Gasteiger partial charge in [-0.2, -0.15) is 0 Å². The highest BCUT2D eigenvalue weighted by molar-refractivity contribution is 5.99. The van der Waals surface area contributed by atoms with Crippen LogP contribution in [-0.2, 0) is 0 Å². The summed E-state index contributed by atoms with van der Waals surface area (Å²) in [5, 5.41) is 3.14. The minimum Gasteiger partial charge on any atom is -0.345 e. The number of fused-ring (bicyclic) bond motifs is 1. The van der Waals surface area contributed by atoms with Crippen LogP contribution in [0.5, 0.6) is 0 Å². The van der Waals surface area contributed by atoms with E-state index in [0.29, 0.717) is 5.92 Å². The first kappa shape index (κ1) is 17.3. The summed E-state index contributed by atoms with van der Waals surface area (Å²) in [4.78, 5) is 14.6. The number of nitrogens with zero attached hydrogens (tertiary/aromatic N) is 1. The molecule has 0 aromatic heterocycles. The molecule has 0 aliphatic carbocycles. The molecule has 2 aliphatic rings.